The molecule has 0 saturated carbocycles. The minimum Gasteiger partial charge on any atom is -0.481 e. The Labute approximate surface area is 372 Å². The van der Waals surface area contributed by atoms with Crippen molar-refractivity contribution in [2.75, 3.05) is 23.5 Å². The molecule has 7 heterocycles. The van der Waals surface area contributed by atoms with Gasteiger partial charge in [-0.2, -0.15) is 4.72 Å². The van der Waals surface area contributed by atoms with E-state index in [0.717, 1.165) is 32.9 Å². The van der Waals surface area contributed by atoms with Gasteiger partial charge in [0.15, 0.2) is 0 Å². The van der Waals surface area contributed by atoms with Crippen LogP contribution in [0.5, 0.6) is 5.88 Å². The molecule has 2 unspecified atom stereocenters. The highest BCUT2D eigenvalue weighted by Gasteiger charge is 2.42. The zero-order chi connectivity index (χ0) is 44.6. The molecule has 14 nitrogen and oxygen atoms in total. The van der Waals surface area contributed by atoms with Gasteiger partial charge in [0.2, 0.25) is 15.9 Å². The fourth-order valence-corrected chi connectivity index (χ4v) is 10.3. The molecule has 16 heteroatoms. The molecule has 8 rings (SSSR count). The topological polar surface area (TPSA) is 183 Å². The van der Waals surface area contributed by atoms with Crippen LogP contribution in [-0.4, -0.2) is 71.0 Å². The van der Waals surface area contributed by atoms with E-state index in [-0.39, 0.29) is 24.5 Å². The predicted molar refractivity (Wildman–Crippen MR) is 244 cm³/mol. The van der Waals surface area contributed by atoms with Crippen LogP contribution in [0, 0.1) is 0 Å². The largest absolute Gasteiger partial charge is 0.481 e. The third-order valence-electron chi connectivity index (χ3n) is 10.8. The molecule has 322 valence electrons. The number of aromatic nitrogens is 7. The van der Waals surface area contributed by atoms with Crippen LogP contribution in [0.4, 0.5) is 11.6 Å². The van der Waals surface area contributed by atoms with Crippen LogP contribution in [-0.2, 0) is 43.7 Å². The van der Waals surface area contributed by atoms with E-state index in [1.54, 1.807) is 80.7 Å². The minimum absolute atomic E-state index is 0.00988. The average Bonchev–Trinajstić information content (AvgIpc) is 3.33. The van der Waals surface area contributed by atoms with Gasteiger partial charge in [-0.25, -0.2) is 36.1 Å². The summed E-state index contributed by atoms with van der Waals surface area (Å²) < 4.78 is 62.7. The van der Waals surface area contributed by atoms with Gasteiger partial charge in [-0.1, -0.05) is 72.8 Å². The Morgan fingerprint density at radius 2 is 1.05 bits per heavy atom. The van der Waals surface area contributed by atoms with Crippen LogP contribution in [0.2, 0.25) is 0 Å². The Hall–Kier alpha value is -7.27. The SMILES string of the molecule is COc1cccc(C(Cc2cccc(N(c3cccc(CC(c4ccccc4)(c4cccnc4)c4ccccn4)n3)S(=O)(=O)CNS(C)(=O)=O)n2)(c2cccnc2)c2ccccn2)n1. The molecular formula is C48H43N9O5S2. The van der Waals surface area contributed by atoms with Gasteiger partial charge in [0, 0.05) is 67.5 Å². The number of rotatable bonds is 17. The van der Waals surface area contributed by atoms with E-state index in [4.69, 9.17) is 29.7 Å². The summed E-state index contributed by atoms with van der Waals surface area (Å²) in [6, 6.07) is 44.4. The second-order valence-corrected chi connectivity index (χ2v) is 18.6. The molecular weight excluding hydrogens is 847 g/mol. The molecule has 0 saturated heterocycles. The van der Waals surface area contributed by atoms with Gasteiger partial charge in [-0.05, 0) is 83.4 Å². The maximum atomic E-state index is 14.6. The lowest BCUT2D eigenvalue weighted by atomic mass is 9.69. The summed E-state index contributed by atoms with van der Waals surface area (Å²) in [5.41, 5.74) is 3.41. The normalized spacial score (nSPS) is 13.6. The molecule has 0 aliphatic carbocycles. The van der Waals surface area contributed by atoms with Crippen LogP contribution in [0.15, 0.2) is 183 Å². The first-order valence-corrected chi connectivity index (χ1v) is 23.6. The zero-order valence-corrected chi connectivity index (χ0v) is 36.5. The van der Waals surface area contributed by atoms with Crippen LogP contribution in [0.1, 0.15) is 45.2 Å². The summed E-state index contributed by atoms with van der Waals surface area (Å²) in [4.78, 5) is 33.6. The van der Waals surface area contributed by atoms with Crippen LogP contribution < -0.4 is 13.8 Å². The van der Waals surface area contributed by atoms with Crippen molar-refractivity contribution in [3.05, 3.63) is 228 Å². The summed E-state index contributed by atoms with van der Waals surface area (Å²) >= 11 is 0. The van der Waals surface area contributed by atoms with Crippen molar-refractivity contribution in [2.45, 2.75) is 23.7 Å². The van der Waals surface area contributed by atoms with E-state index in [2.05, 4.69) is 14.7 Å². The van der Waals surface area contributed by atoms with Crippen molar-refractivity contribution >= 4 is 31.7 Å². The minimum atomic E-state index is -4.56. The van der Waals surface area contributed by atoms with E-state index in [1.165, 1.54) is 0 Å². The average molecular weight is 890 g/mol. The first-order chi connectivity index (χ1) is 31.0. The van der Waals surface area contributed by atoms with E-state index < -0.39 is 36.8 Å². The number of sulfonamides is 2. The molecule has 1 aromatic carbocycles. The molecule has 64 heavy (non-hydrogen) atoms. The Morgan fingerprint density at radius 1 is 0.531 bits per heavy atom. The molecule has 0 bridgehead atoms. The third kappa shape index (κ3) is 9.11. The molecule has 0 aliphatic rings. The maximum Gasteiger partial charge on any atom is 0.256 e. The van der Waals surface area contributed by atoms with Crippen LogP contribution in [0.25, 0.3) is 0 Å². The lowest BCUT2D eigenvalue weighted by Gasteiger charge is -2.34. The number of methoxy groups -OCH3 is 1. The third-order valence-corrected chi connectivity index (χ3v) is 13.1. The van der Waals surface area contributed by atoms with Crippen molar-refractivity contribution < 1.29 is 21.6 Å². The summed E-state index contributed by atoms with van der Waals surface area (Å²) in [7, 11) is -6.97. The van der Waals surface area contributed by atoms with Gasteiger partial charge in [-0.15, -0.1) is 0 Å². The first kappa shape index (κ1) is 43.4. The number of benzene rings is 1. The molecule has 2 atom stereocenters. The van der Waals surface area contributed by atoms with Crippen molar-refractivity contribution in [1.29, 1.82) is 0 Å². The van der Waals surface area contributed by atoms with E-state index in [1.807, 2.05) is 109 Å². The van der Waals surface area contributed by atoms with E-state index in [0.29, 0.717) is 28.7 Å². The Balaban J connectivity index is 1.29. The van der Waals surface area contributed by atoms with Gasteiger partial charge < -0.3 is 4.74 Å². The first-order valence-electron chi connectivity index (χ1n) is 20.1. The molecule has 0 spiro atoms. The van der Waals surface area contributed by atoms with Crippen molar-refractivity contribution in [2.24, 2.45) is 0 Å². The second-order valence-electron chi connectivity index (χ2n) is 14.9. The summed E-state index contributed by atoms with van der Waals surface area (Å²) in [6.45, 7) is 0. The lowest BCUT2D eigenvalue weighted by Crippen LogP contribution is -2.38. The molecule has 7 aromatic heterocycles. The van der Waals surface area contributed by atoms with Gasteiger partial charge >= 0.3 is 0 Å². The van der Waals surface area contributed by atoms with Crippen molar-refractivity contribution in [3.63, 3.8) is 0 Å². The van der Waals surface area contributed by atoms with Crippen molar-refractivity contribution in [3.8, 4) is 5.88 Å². The number of nitrogens with one attached hydrogen (secondary N) is 1. The number of anilines is 2. The molecule has 8 aromatic rings. The summed E-state index contributed by atoms with van der Waals surface area (Å²) in [6.07, 6.45) is 11.6. The maximum absolute atomic E-state index is 14.6. The van der Waals surface area contributed by atoms with Crippen molar-refractivity contribution in [1.82, 2.24) is 39.6 Å². The fourth-order valence-electron chi connectivity index (χ4n) is 7.97. The van der Waals surface area contributed by atoms with E-state index >= 15 is 0 Å². The summed E-state index contributed by atoms with van der Waals surface area (Å²) in [5.74, 6) is -0.622. The number of ether oxygens (including phenoxy) is 1. The smallest absolute Gasteiger partial charge is 0.256 e. The van der Waals surface area contributed by atoms with Crippen LogP contribution in [0.3, 0.4) is 0 Å². The monoisotopic (exact) mass is 889 g/mol. The standard InChI is InChI=1S/C48H43N9O5S2/c1-62-46-26-12-23-43(56-46)48(38-18-14-28-50-34-38,42-22-7-9-30-52-42)32-40-20-11-25-45(55-40)57(64(60,61)35-53-63(2,58)59)44-24-10-19-39(54-44)31-47(36-15-4-3-5-16-36,37-17-13-27-49-33-37)41-21-6-8-29-51-41/h3-30,33-34,53H,31-32,35H2,1-2H3. The summed E-state index contributed by atoms with van der Waals surface area (Å²) in [5, 5.41) is 0. The predicted octanol–water partition coefficient (Wildman–Crippen LogP) is 6.59. The molecule has 0 aliphatic heterocycles. The van der Waals surface area contributed by atoms with Gasteiger partial charge in [0.25, 0.3) is 10.0 Å². The zero-order valence-electron chi connectivity index (χ0n) is 34.9. The highest BCUT2D eigenvalue weighted by Crippen LogP contribution is 2.43. The number of hydrogen-bond donors (Lipinski definition) is 1. The fraction of sp³-hybridized carbons (Fsp3) is 0.146. The molecule has 0 radical (unpaired) electrons. The molecule has 0 fully saturated rings. The Morgan fingerprint density at radius 3 is 1.58 bits per heavy atom. The van der Waals surface area contributed by atoms with Gasteiger partial charge in [0.05, 0.1) is 41.3 Å². The van der Waals surface area contributed by atoms with Gasteiger partial charge in [0.1, 0.15) is 17.5 Å². The highest BCUT2D eigenvalue weighted by atomic mass is 32.2. The lowest BCUT2D eigenvalue weighted by molar-refractivity contribution is 0.392. The number of hydrogen-bond acceptors (Lipinski definition) is 12. The van der Waals surface area contributed by atoms with Gasteiger partial charge in [-0.3, -0.25) is 19.9 Å². The quantitative estimate of drug-likeness (QED) is 0.104. The number of pyridine rings is 7. The van der Waals surface area contributed by atoms with Crippen LogP contribution >= 0.6 is 0 Å². The molecule has 1 N–H and O–H groups in total. The second kappa shape index (κ2) is 18.6. The highest BCUT2D eigenvalue weighted by molar-refractivity contribution is 7.94. The number of nitrogens with zero attached hydrogens (tertiary/aromatic N) is 8. The Bertz CT molecular complexity index is 2910. The van der Waals surface area contributed by atoms with E-state index in [9.17, 15) is 16.8 Å². The molecule has 0 amide bonds. The Kier molecular flexibility index (Phi) is 12.6.